The van der Waals surface area contributed by atoms with Gasteiger partial charge in [-0.15, -0.1) is 0 Å². The first-order chi connectivity index (χ1) is 7.97. The molecule has 0 fully saturated rings. The van der Waals surface area contributed by atoms with Gasteiger partial charge in [0.1, 0.15) is 4.88 Å². The summed E-state index contributed by atoms with van der Waals surface area (Å²) in [5, 5.41) is 8.62. The van der Waals surface area contributed by atoms with Crippen LogP contribution in [0, 0.1) is 10.9 Å². The van der Waals surface area contributed by atoms with E-state index in [1.807, 2.05) is 0 Å². The van der Waals surface area contributed by atoms with Crippen LogP contribution in [0.25, 0.3) is 0 Å². The molecule has 0 aromatic carbocycles. The number of ether oxygens (including phenoxy) is 1. The molecule has 0 unspecified atom stereocenters. The molecule has 0 atom stereocenters. The van der Waals surface area contributed by atoms with Gasteiger partial charge < -0.3 is 14.4 Å². The zero-order valence-electron chi connectivity index (χ0n) is 9.56. The first-order valence-corrected chi connectivity index (χ1v) is 6.29. The third-order valence-corrected chi connectivity index (χ3v) is 3.68. The lowest BCUT2D eigenvalue weighted by Crippen LogP contribution is -2.09. The van der Waals surface area contributed by atoms with E-state index in [1.165, 1.54) is 0 Å². The summed E-state index contributed by atoms with van der Waals surface area (Å²) in [5.74, 6) is -1.30. The van der Waals surface area contributed by atoms with Crippen molar-refractivity contribution in [2.24, 2.45) is 0 Å². The highest BCUT2D eigenvalue weighted by atomic mass is 32.1. The highest BCUT2D eigenvalue weighted by molar-refractivity contribution is 7.73. The normalized spacial score (nSPS) is 10.2. The Hall–Kier alpha value is -1.21. The minimum atomic E-state index is -0.893. The number of carbonyl (C=O) groups is 2. The van der Waals surface area contributed by atoms with Crippen LogP contribution in [0.2, 0.25) is 0 Å². The first kappa shape index (κ1) is 13.9. The highest BCUT2D eigenvalue weighted by Crippen LogP contribution is 2.20. The number of rotatable bonds is 5. The molecule has 0 aliphatic carbocycles. The second kappa shape index (κ2) is 5.92. The molecule has 0 saturated heterocycles. The van der Waals surface area contributed by atoms with Crippen molar-refractivity contribution in [3.05, 3.63) is 14.5 Å². The van der Waals surface area contributed by atoms with E-state index in [4.69, 9.17) is 22.1 Å². The molecule has 1 heterocycles. The molecule has 0 saturated carbocycles. The minimum Gasteiger partial charge on any atom is -0.481 e. The lowest BCUT2D eigenvalue weighted by atomic mass is 10.3. The number of hydrogen-bond acceptors (Lipinski definition) is 5. The van der Waals surface area contributed by atoms with Crippen LogP contribution in [0.1, 0.15) is 28.7 Å². The molecule has 94 valence electrons. The van der Waals surface area contributed by atoms with Crippen molar-refractivity contribution in [3.8, 4) is 0 Å². The van der Waals surface area contributed by atoms with Crippen LogP contribution in [0.3, 0.4) is 0 Å². The number of carboxylic acids is 1. The molecule has 0 bridgehead atoms. The second-order valence-electron chi connectivity index (χ2n) is 3.30. The molecule has 0 spiro atoms. The maximum absolute atomic E-state index is 11.6. The average molecular weight is 275 g/mol. The summed E-state index contributed by atoms with van der Waals surface area (Å²) < 4.78 is 7.04. The number of carbonyl (C=O) groups excluding carboxylic acids is 1. The zero-order valence-corrected chi connectivity index (χ0v) is 11.2. The van der Waals surface area contributed by atoms with Gasteiger partial charge >= 0.3 is 11.9 Å². The maximum Gasteiger partial charge on any atom is 0.350 e. The largest absolute Gasteiger partial charge is 0.481 e. The van der Waals surface area contributed by atoms with Crippen molar-refractivity contribution in [2.45, 2.75) is 26.8 Å². The Balaban J connectivity index is 2.97. The van der Waals surface area contributed by atoms with Gasteiger partial charge in [0.15, 0.2) is 3.95 Å². The Morgan fingerprint density at radius 1 is 1.53 bits per heavy atom. The molecule has 0 aliphatic heterocycles. The van der Waals surface area contributed by atoms with Gasteiger partial charge in [0.25, 0.3) is 0 Å². The van der Waals surface area contributed by atoms with Crippen LogP contribution >= 0.6 is 23.6 Å². The fraction of sp³-hybridized carbons (Fsp3) is 0.500. The fourth-order valence-corrected chi connectivity index (χ4v) is 2.72. The number of aromatic nitrogens is 1. The van der Waals surface area contributed by atoms with E-state index in [2.05, 4.69) is 0 Å². The summed E-state index contributed by atoms with van der Waals surface area (Å²) in [6.07, 6.45) is -0.0197. The number of aliphatic carboxylic acids is 1. The number of esters is 1. The molecule has 1 aromatic heterocycles. The number of hydrogen-bond donors (Lipinski definition) is 1. The van der Waals surface area contributed by atoms with Crippen molar-refractivity contribution in [3.63, 3.8) is 0 Å². The topological polar surface area (TPSA) is 68.5 Å². The smallest absolute Gasteiger partial charge is 0.350 e. The molecule has 0 radical (unpaired) electrons. The van der Waals surface area contributed by atoms with E-state index >= 15 is 0 Å². The van der Waals surface area contributed by atoms with Crippen LogP contribution in [-0.4, -0.2) is 28.2 Å². The van der Waals surface area contributed by atoms with E-state index in [0.29, 0.717) is 21.1 Å². The van der Waals surface area contributed by atoms with Gasteiger partial charge in [0.05, 0.1) is 13.0 Å². The van der Waals surface area contributed by atoms with Gasteiger partial charge in [-0.2, -0.15) is 0 Å². The van der Waals surface area contributed by atoms with E-state index in [1.54, 1.807) is 18.4 Å². The Kier molecular flexibility index (Phi) is 4.83. The molecule has 1 rings (SSSR count). The lowest BCUT2D eigenvalue weighted by molar-refractivity contribution is -0.137. The number of thiazole rings is 1. The van der Waals surface area contributed by atoms with Crippen molar-refractivity contribution in [1.29, 1.82) is 0 Å². The monoisotopic (exact) mass is 275 g/mol. The molecule has 0 amide bonds. The van der Waals surface area contributed by atoms with E-state index in [0.717, 1.165) is 11.3 Å². The van der Waals surface area contributed by atoms with Gasteiger partial charge in [-0.25, -0.2) is 4.79 Å². The number of nitrogens with zero attached hydrogens (tertiary/aromatic N) is 1. The maximum atomic E-state index is 11.6. The van der Waals surface area contributed by atoms with Crippen molar-refractivity contribution in [2.75, 3.05) is 6.61 Å². The van der Waals surface area contributed by atoms with Crippen LogP contribution in [0.4, 0.5) is 0 Å². The molecule has 5 nitrogen and oxygen atoms in total. The van der Waals surface area contributed by atoms with Crippen molar-refractivity contribution < 1.29 is 19.4 Å². The molecule has 1 N–H and O–H groups in total. The summed E-state index contributed by atoms with van der Waals surface area (Å²) >= 11 is 6.25. The standard InChI is InChI=1S/C10H13NO4S2/c1-3-15-9(14)8-6(2)11(10(16)17-8)5-4-7(12)13/h3-5H2,1-2H3,(H,12,13). The molecular weight excluding hydrogens is 262 g/mol. The minimum absolute atomic E-state index is 0.0197. The summed E-state index contributed by atoms with van der Waals surface area (Å²) in [7, 11) is 0. The number of carboxylic acid groups (broad SMARTS) is 1. The first-order valence-electron chi connectivity index (χ1n) is 5.06. The molecule has 7 heteroatoms. The third-order valence-electron chi connectivity index (χ3n) is 2.15. The van der Waals surface area contributed by atoms with E-state index in [9.17, 15) is 9.59 Å². The Bertz CT molecular complexity index is 489. The van der Waals surface area contributed by atoms with Crippen LogP contribution in [-0.2, 0) is 16.1 Å². The van der Waals surface area contributed by atoms with Gasteiger partial charge in [-0.05, 0) is 26.1 Å². The Labute approximate surface area is 108 Å². The average Bonchev–Trinajstić information content (AvgIpc) is 2.52. The highest BCUT2D eigenvalue weighted by Gasteiger charge is 2.17. The van der Waals surface area contributed by atoms with Crippen molar-refractivity contribution >= 4 is 35.5 Å². The van der Waals surface area contributed by atoms with Crippen LogP contribution < -0.4 is 0 Å². The molecule has 0 aliphatic rings. The van der Waals surface area contributed by atoms with Gasteiger partial charge in [0.2, 0.25) is 0 Å². The van der Waals surface area contributed by atoms with Gasteiger partial charge in [0, 0.05) is 12.2 Å². The quantitative estimate of drug-likeness (QED) is 0.659. The molecule has 17 heavy (non-hydrogen) atoms. The van der Waals surface area contributed by atoms with Crippen LogP contribution in [0.5, 0.6) is 0 Å². The van der Waals surface area contributed by atoms with Crippen LogP contribution in [0.15, 0.2) is 0 Å². The zero-order chi connectivity index (χ0) is 13.0. The van der Waals surface area contributed by atoms with Gasteiger partial charge in [-0.3, -0.25) is 4.79 Å². The fourth-order valence-electron chi connectivity index (χ4n) is 1.33. The summed E-state index contributed by atoms with van der Waals surface area (Å²) in [5.41, 5.74) is 0.666. The van der Waals surface area contributed by atoms with Gasteiger partial charge in [-0.1, -0.05) is 11.3 Å². The SMILES string of the molecule is CCOC(=O)c1sc(=S)n(CCC(=O)O)c1C. The van der Waals surface area contributed by atoms with E-state index in [-0.39, 0.29) is 13.0 Å². The molecule has 1 aromatic rings. The van der Waals surface area contributed by atoms with E-state index < -0.39 is 11.9 Å². The third kappa shape index (κ3) is 3.37. The molecular formula is C10H13NO4S2. The predicted octanol–water partition coefficient (Wildman–Crippen LogP) is 2.24. The lowest BCUT2D eigenvalue weighted by Gasteiger charge is -2.04. The summed E-state index contributed by atoms with van der Waals surface area (Å²) in [6, 6.07) is 0. The Morgan fingerprint density at radius 3 is 2.71 bits per heavy atom. The van der Waals surface area contributed by atoms with Crippen molar-refractivity contribution in [1.82, 2.24) is 4.57 Å². The Morgan fingerprint density at radius 2 is 2.18 bits per heavy atom. The second-order valence-corrected chi connectivity index (χ2v) is 4.94. The summed E-state index contributed by atoms with van der Waals surface area (Å²) in [4.78, 5) is 22.5. The predicted molar refractivity (Wildman–Crippen MR) is 66.1 cm³/mol. The summed E-state index contributed by atoms with van der Waals surface area (Å²) in [6.45, 7) is 4.04.